The van der Waals surface area contributed by atoms with E-state index in [4.69, 9.17) is 5.73 Å². The molecule has 0 heterocycles. The zero-order valence-electron chi connectivity index (χ0n) is 10.2. The van der Waals surface area contributed by atoms with Gasteiger partial charge in [-0.15, -0.1) is 6.58 Å². The van der Waals surface area contributed by atoms with E-state index in [1.165, 1.54) is 32.1 Å². The minimum absolute atomic E-state index is 0.0435. The number of nitrogens with two attached hydrogens (primary N) is 1. The van der Waals surface area contributed by atoms with E-state index in [-0.39, 0.29) is 11.9 Å². The van der Waals surface area contributed by atoms with Gasteiger partial charge in [-0.05, 0) is 32.1 Å². The SMILES string of the molecule is C=CCC(N)C(=O)N[C@@H](C)C1CCCCC1. The third-order valence-corrected chi connectivity index (χ3v) is 3.48. The van der Waals surface area contributed by atoms with E-state index in [9.17, 15) is 4.79 Å². The molecule has 1 rings (SSSR count). The minimum atomic E-state index is -0.441. The molecule has 0 aliphatic heterocycles. The van der Waals surface area contributed by atoms with Gasteiger partial charge in [-0.2, -0.15) is 0 Å². The van der Waals surface area contributed by atoms with Crippen LogP contribution in [0.25, 0.3) is 0 Å². The van der Waals surface area contributed by atoms with Crippen molar-refractivity contribution in [3.8, 4) is 0 Å². The van der Waals surface area contributed by atoms with Crippen LogP contribution >= 0.6 is 0 Å². The Morgan fingerprint density at radius 1 is 1.50 bits per heavy atom. The first-order chi connectivity index (χ1) is 7.65. The molecule has 0 aromatic rings. The smallest absolute Gasteiger partial charge is 0.237 e. The van der Waals surface area contributed by atoms with Crippen molar-refractivity contribution in [2.75, 3.05) is 0 Å². The lowest BCUT2D eigenvalue weighted by atomic mass is 9.84. The average molecular weight is 224 g/mol. The van der Waals surface area contributed by atoms with Crippen molar-refractivity contribution in [3.63, 3.8) is 0 Å². The molecule has 0 aromatic heterocycles. The molecule has 1 aliphatic carbocycles. The van der Waals surface area contributed by atoms with Gasteiger partial charge >= 0.3 is 0 Å². The van der Waals surface area contributed by atoms with Gasteiger partial charge in [0.15, 0.2) is 0 Å². The van der Waals surface area contributed by atoms with Gasteiger partial charge in [-0.25, -0.2) is 0 Å². The Morgan fingerprint density at radius 3 is 2.69 bits per heavy atom. The predicted octanol–water partition coefficient (Wildman–Crippen LogP) is 1.97. The first kappa shape index (κ1) is 13.2. The third kappa shape index (κ3) is 3.97. The maximum Gasteiger partial charge on any atom is 0.237 e. The molecule has 0 aromatic carbocycles. The zero-order chi connectivity index (χ0) is 12.0. The molecule has 1 saturated carbocycles. The van der Waals surface area contributed by atoms with E-state index in [0.29, 0.717) is 12.3 Å². The van der Waals surface area contributed by atoms with E-state index in [1.807, 2.05) is 0 Å². The molecule has 0 bridgehead atoms. The summed E-state index contributed by atoms with van der Waals surface area (Å²) in [6, 6.07) is -0.188. The Morgan fingerprint density at radius 2 is 2.12 bits per heavy atom. The van der Waals surface area contributed by atoms with E-state index >= 15 is 0 Å². The van der Waals surface area contributed by atoms with Gasteiger partial charge in [-0.1, -0.05) is 25.3 Å². The lowest BCUT2D eigenvalue weighted by molar-refractivity contribution is -0.123. The fraction of sp³-hybridized carbons (Fsp3) is 0.769. The topological polar surface area (TPSA) is 55.1 Å². The van der Waals surface area contributed by atoms with Gasteiger partial charge in [0.05, 0.1) is 6.04 Å². The molecule has 1 amide bonds. The summed E-state index contributed by atoms with van der Waals surface area (Å²) >= 11 is 0. The molecule has 1 fully saturated rings. The monoisotopic (exact) mass is 224 g/mol. The molecule has 0 radical (unpaired) electrons. The van der Waals surface area contributed by atoms with Crippen molar-refractivity contribution in [2.24, 2.45) is 11.7 Å². The summed E-state index contributed by atoms with van der Waals surface area (Å²) in [5.74, 6) is 0.589. The second-order valence-electron chi connectivity index (χ2n) is 4.83. The van der Waals surface area contributed by atoms with Crippen LogP contribution in [0.5, 0.6) is 0 Å². The van der Waals surface area contributed by atoms with Crippen LogP contribution < -0.4 is 11.1 Å². The highest BCUT2D eigenvalue weighted by Crippen LogP contribution is 2.26. The van der Waals surface area contributed by atoms with Crippen LogP contribution in [-0.2, 0) is 4.79 Å². The number of nitrogens with one attached hydrogen (secondary N) is 1. The van der Waals surface area contributed by atoms with E-state index in [0.717, 1.165) is 0 Å². The summed E-state index contributed by atoms with van der Waals surface area (Å²) in [6.45, 7) is 5.68. The van der Waals surface area contributed by atoms with Crippen LogP contribution in [0.1, 0.15) is 45.4 Å². The van der Waals surface area contributed by atoms with Crippen molar-refractivity contribution in [1.82, 2.24) is 5.32 Å². The second kappa shape index (κ2) is 6.69. The predicted molar refractivity (Wildman–Crippen MR) is 67.0 cm³/mol. The molecule has 3 nitrogen and oxygen atoms in total. The van der Waals surface area contributed by atoms with Gasteiger partial charge < -0.3 is 11.1 Å². The van der Waals surface area contributed by atoms with E-state index in [1.54, 1.807) is 6.08 Å². The molecular formula is C13H24N2O. The lowest BCUT2D eigenvalue weighted by Gasteiger charge is -2.29. The van der Waals surface area contributed by atoms with Crippen LogP contribution in [-0.4, -0.2) is 18.0 Å². The molecule has 0 saturated heterocycles. The van der Waals surface area contributed by atoms with E-state index < -0.39 is 6.04 Å². The molecule has 3 heteroatoms. The summed E-state index contributed by atoms with van der Waals surface area (Å²) in [6.07, 6.45) is 8.63. The molecule has 16 heavy (non-hydrogen) atoms. The number of amides is 1. The fourth-order valence-electron chi connectivity index (χ4n) is 2.37. The molecule has 92 valence electrons. The zero-order valence-corrected chi connectivity index (χ0v) is 10.2. The Kier molecular flexibility index (Phi) is 5.53. The summed E-state index contributed by atoms with van der Waals surface area (Å²) in [4.78, 5) is 11.7. The Labute approximate surface area is 98.5 Å². The standard InChI is InChI=1S/C13H24N2O/c1-3-7-12(14)13(16)15-10(2)11-8-5-4-6-9-11/h3,10-12H,1,4-9,14H2,2H3,(H,15,16)/t10-,12?/m0/s1. The van der Waals surface area contributed by atoms with Gasteiger partial charge in [-0.3, -0.25) is 4.79 Å². The van der Waals surface area contributed by atoms with Crippen molar-refractivity contribution < 1.29 is 4.79 Å². The average Bonchev–Trinajstić information content (AvgIpc) is 2.30. The highest BCUT2D eigenvalue weighted by atomic mass is 16.2. The summed E-state index contributed by atoms with van der Waals surface area (Å²) in [5, 5.41) is 3.02. The third-order valence-electron chi connectivity index (χ3n) is 3.48. The number of carbonyl (C=O) groups is 1. The first-order valence-corrected chi connectivity index (χ1v) is 6.32. The van der Waals surface area contributed by atoms with Crippen LogP contribution in [0.15, 0.2) is 12.7 Å². The van der Waals surface area contributed by atoms with E-state index in [2.05, 4.69) is 18.8 Å². The van der Waals surface area contributed by atoms with Crippen molar-refractivity contribution in [3.05, 3.63) is 12.7 Å². The molecule has 1 aliphatic rings. The molecule has 1 unspecified atom stereocenters. The van der Waals surface area contributed by atoms with Gasteiger partial charge in [0.1, 0.15) is 0 Å². The number of rotatable bonds is 5. The molecular weight excluding hydrogens is 200 g/mol. The van der Waals surface area contributed by atoms with Crippen LogP contribution in [0.2, 0.25) is 0 Å². The second-order valence-corrected chi connectivity index (χ2v) is 4.83. The van der Waals surface area contributed by atoms with Crippen LogP contribution in [0, 0.1) is 5.92 Å². The number of carbonyl (C=O) groups excluding carboxylic acids is 1. The quantitative estimate of drug-likeness (QED) is 0.702. The highest BCUT2D eigenvalue weighted by molar-refractivity contribution is 5.81. The maximum absolute atomic E-state index is 11.7. The normalized spacial score (nSPS) is 21.1. The van der Waals surface area contributed by atoms with Crippen molar-refractivity contribution in [1.29, 1.82) is 0 Å². The summed E-state index contributed by atoms with van der Waals surface area (Å²) in [7, 11) is 0. The first-order valence-electron chi connectivity index (χ1n) is 6.32. The number of hydrogen-bond donors (Lipinski definition) is 2. The summed E-state index contributed by atoms with van der Waals surface area (Å²) < 4.78 is 0. The maximum atomic E-state index is 11.7. The lowest BCUT2D eigenvalue weighted by Crippen LogP contribution is -2.46. The minimum Gasteiger partial charge on any atom is -0.352 e. The highest BCUT2D eigenvalue weighted by Gasteiger charge is 2.22. The summed E-state index contributed by atoms with van der Waals surface area (Å²) in [5.41, 5.74) is 5.72. The van der Waals surface area contributed by atoms with Gasteiger partial charge in [0, 0.05) is 6.04 Å². The van der Waals surface area contributed by atoms with Crippen molar-refractivity contribution in [2.45, 2.75) is 57.5 Å². The Bertz CT molecular complexity index is 234. The molecule has 0 spiro atoms. The molecule has 2 atom stereocenters. The van der Waals surface area contributed by atoms with Crippen molar-refractivity contribution >= 4 is 5.91 Å². The van der Waals surface area contributed by atoms with Gasteiger partial charge in [0.25, 0.3) is 0 Å². The largest absolute Gasteiger partial charge is 0.352 e. The molecule has 3 N–H and O–H groups in total. The van der Waals surface area contributed by atoms with Crippen LogP contribution in [0.3, 0.4) is 0 Å². The number of hydrogen-bond acceptors (Lipinski definition) is 2. The Balaban J connectivity index is 2.34. The van der Waals surface area contributed by atoms with Gasteiger partial charge in [0.2, 0.25) is 5.91 Å². The fourth-order valence-corrected chi connectivity index (χ4v) is 2.37. The van der Waals surface area contributed by atoms with Crippen LogP contribution in [0.4, 0.5) is 0 Å². The Hall–Kier alpha value is -0.830.